The van der Waals surface area contributed by atoms with E-state index in [4.69, 9.17) is 9.47 Å². The van der Waals surface area contributed by atoms with Crippen LogP contribution < -0.4 is 10.1 Å². The maximum Gasteiger partial charge on any atom is 0.119 e. The van der Waals surface area contributed by atoms with Crippen LogP contribution in [0, 0.1) is 0 Å². The molecule has 1 aliphatic heterocycles. The quantitative estimate of drug-likeness (QED) is 0.726. The van der Waals surface area contributed by atoms with Crippen molar-refractivity contribution < 1.29 is 9.47 Å². The Balaban J connectivity index is 1.78. The predicted molar refractivity (Wildman–Crippen MR) is 88.9 cm³/mol. The maximum absolute atomic E-state index is 5.88. The first-order chi connectivity index (χ1) is 10.3. The molecular weight excluding hydrogens is 332 g/mol. The molecule has 0 radical (unpaired) electrons. The van der Waals surface area contributed by atoms with Gasteiger partial charge >= 0.3 is 0 Å². The second-order valence-electron chi connectivity index (χ2n) is 5.23. The minimum atomic E-state index is 0.726. The number of morpholine rings is 1. The molecule has 4 nitrogen and oxygen atoms in total. The van der Waals surface area contributed by atoms with Gasteiger partial charge in [-0.2, -0.15) is 0 Å². The van der Waals surface area contributed by atoms with Crippen LogP contribution in [0.25, 0.3) is 0 Å². The lowest BCUT2D eigenvalue weighted by Gasteiger charge is -2.26. The first kappa shape index (κ1) is 16.7. The fraction of sp³-hybridized carbons (Fsp3) is 0.625. The van der Waals surface area contributed by atoms with Crippen molar-refractivity contribution >= 4 is 15.9 Å². The van der Waals surface area contributed by atoms with E-state index in [2.05, 4.69) is 45.2 Å². The number of nitrogens with zero attached hydrogens (tertiary/aromatic N) is 1. The van der Waals surface area contributed by atoms with Crippen molar-refractivity contribution in [2.75, 3.05) is 46.0 Å². The third-order valence-electron chi connectivity index (χ3n) is 3.54. The third kappa shape index (κ3) is 5.94. The SMILES string of the molecule is CCCNCc1cc(OCCN2CCOCC2)ccc1Br. The van der Waals surface area contributed by atoms with E-state index in [0.717, 1.165) is 69.2 Å². The van der Waals surface area contributed by atoms with Crippen LogP contribution in [0.5, 0.6) is 5.75 Å². The molecule has 1 aliphatic rings. The van der Waals surface area contributed by atoms with Gasteiger partial charge in [0.25, 0.3) is 0 Å². The molecule has 0 amide bonds. The predicted octanol–water partition coefficient (Wildman–Crippen LogP) is 2.66. The molecule has 0 bridgehead atoms. The summed E-state index contributed by atoms with van der Waals surface area (Å²) in [6.45, 7) is 9.46. The highest BCUT2D eigenvalue weighted by molar-refractivity contribution is 9.10. The number of hydrogen-bond acceptors (Lipinski definition) is 4. The molecular formula is C16H25BrN2O2. The number of nitrogens with one attached hydrogen (secondary N) is 1. The molecule has 0 aromatic heterocycles. The number of halogens is 1. The van der Waals surface area contributed by atoms with E-state index in [1.807, 2.05) is 6.07 Å². The van der Waals surface area contributed by atoms with Gasteiger partial charge in [-0.25, -0.2) is 0 Å². The van der Waals surface area contributed by atoms with Gasteiger partial charge in [0.2, 0.25) is 0 Å². The van der Waals surface area contributed by atoms with Gasteiger partial charge in [-0.1, -0.05) is 22.9 Å². The van der Waals surface area contributed by atoms with Gasteiger partial charge in [0.15, 0.2) is 0 Å². The lowest BCUT2D eigenvalue weighted by molar-refractivity contribution is 0.0322. The van der Waals surface area contributed by atoms with E-state index >= 15 is 0 Å². The number of benzene rings is 1. The molecule has 1 N–H and O–H groups in total. The van der Waals surface area contributed by atoms with Crippen molar-refractivity contribution in [2.45, 2.75) is 19.9 Å². The normalized spacial score (nSPS) is 16.1. The van der Waals surface area contributed by atoms with Crippen LogP contribution in [0.2, 0.25) is 0 Å². The summed E-state index contributed by atoms with van der Waals surface area (Å²) in [5.41, 5.74) is 1.24. The van der Waals surface area contributed by atoms with Crippen molar-refractivity contribution in [1.29, 1.82) is 0 Å². The van der Waals surface area contributed by atoms with Crippen LogP contribution in [0.15, 0.2) is 22.7 Å². The molecule has 118 valence electrons. The molecule has 1 aromatic carbocycles. The molecule has 0 spiro atoms. The Hall–Kier alpha value is -0.620. The smallest absolute Gasteiger partial charge is 0.119 e. The first-order valence-corrected chi connectivity index (χ1v) is 8.51. The Bertz CT molecular complexity index is 423. The van der Waals surface area contributed by atoms with Crippen molar-refractivity contribution in [1.82, 2.24) is 10.2 Å². The molecule has 1 fully saturated rings. The van der Waals surface area contributed by atoms with Crippen molar-refractivity contribution in [2.24, 2.45) is 0 Å². The zero-order valence-corrected chi connectivity index (χ0v) is 14.3. The Morgan fingerprint density at radius 3 is 2.90 bits per heavy atom. The van der Waals surface area contributed by atoms with Crippen LogP contribution >= 0.6 is 15.9 Å². The molecule has 21 heavy (non-hydrogen) atoms. The van der Waals surface area contributed by atoms with E-state index in [1.54, 1.807) is 0 Å². The fourth-order valence-corrected chi connectivity index (χ4v) is 2.68. The fourth-order valence-electron chi connectivity index (χ4n) is 2.29. The topological polar surface area (TPSA) is 33.7 Å². The first-order valence-electron chi connectivity index (χ1n) is 7.71. The summed E-state index contributed by atoms with van der Waals surface area (Å²) >= 11 is 3.60. The van der Waals surface area contributed by atoms with Crippen LogP contribution in [0.1, 0.15) is 18.9 Å². The monoisotopic (exact) mass is 356 g/mol. The maximum atomic E-state index is 5.88. The van der Waals surface area contributed by atoms with Crippen molar-refractivity contribution in [3.63, 3.8) is 0 Å². The summed E-state index contributed by atoms with van der Waals surface area (Å²) in [5, 5.41) is 3.42. The van der Waals surface area contributed by atoms with Crippen molar-refractivity contribution in [3.05, 3.63) is 28.2 Å². The molecule has 5 heteroatoms. The van der Waals surface area contributed by atoms with E-state index < -0.39 is 0 Å². The van der Waals surface area contributed by atoms with Gasteiger partial charge in [-0.3, -0.25) is 4.90 Å². The third-order valence-corrected chi connectivity index (χ3v) is 4.31. The van der Waals surface area contributed by atoms with Crippen LogP contribution in [-0.4, -0.2) is 50.9 Å². The number of hydrogen-bond donors (Lipinski definition) is 1. The minimum Gasteiger partial charge on any atom is -0.492 e. The Labute approximate surface area is 135 Å². The zero-order valence-electron chi connectivity index (χ0n) is 12.7. The summed E-state index contributed by atoms with van der Waals surface area (Å²) in [5.74, 6) is 0.944. The zero-order chi connectivity index (χ0) is 14.9. The minimum absolute atomic E-state index is 0.726. The average Bonchev–Trinajstić information content (AvgIpc) is 2.51. The van der Waals surface area contributed by atoms with Gasteiger partial charge in [0.05, 0.1) is 13.2 Å². The average molecular weight is 357 g/mol. The highest BCUT2D eigenvalue weighted by Crippen LogP contribution is 2.22. The molecule has 1 saturated heterocycles. The molecule has 2 rings (SSSR count). The summed E-state index contributed by atoms with van der Waals surface area (Å²) in [7, 11) is 0. The van der Waals surface area contributed by atoms with E-state index in [-0.39, 0.29) is 0 Å². The Morgan fingerprint density at radius 1 is 1.33 bits per heavy atom. The Kier molecular flexibility index (Phi) is 7.50. The molecule has 0 aliphatic carbocycles. The van der Waals surface area contributed by atoms with E-state index in [1.165, 1.54) is 5.56 Å². The lowest BCUT2D eigenvalue weighted by atomic mass is 10.2. The standard InChI is InChI=1S/C16H25BrN2O2/c1-2-5-18-13-14-12-15(3-4-16(14)17)21-11-8-19-6-9-20-10-7-19/h3-4,12,18H,2,5-11,13H2,1H3. The summed E-state index contributed by atoms with van der Waals surface area (Å²) in [6.07, 6.45) is 1.15. The van der Waals surface area contributed by atoms with Gasteiger partial charge < -0.3 is 14.8 Å². The largest absolute Gasteiger partial charge is 0.492 e. The van der Waals surface area contributed by atoms with Gasteiger partial charge in [-0.05, 0) is 36.7 Å². The second-order valence-corrected chi connectivity index (χ2v) is 6.09. The van der Waals surface area contributed by atoms with Gasteiger partial charge in [-0.15, -0.1) is 0 Å². The summed E-state index contributed by atoms with van der Waals surface area (Å²) < 4.78 is 12.4. The molecule has 0 saturated carbocycles. The van der Waals surface area contributed by atoms with Crippen molar-refractivity contribution in [3.8, 4) is 5.75 Å². The van der Waals surface area contributed by atoms with E-state index in [9.17, 15) is 0 Å². The highest BCUT2D eigenvalue weighted by atomic mass is 79.9. The molecule has 0 atom stereocenters. The Morgan fingerprint density at radius 2 is 2.14 bits per heavy atom. The highest BCUT2D eigenvalue weighted by Gasteiger charge is 2.10. The summed E-state index contributed by atoms with van der Waals surface area (Å²) in [6, 6.07) is 6.20. The number of ether oxygens (including phenoxy) is 2. The lowest BCUT2D eigenvalue weighted by Crippen LogP contribution is -2.38. The van der Waals surface area contributed by atoms with Crippen LogP contribution in [0.4, 0.5) is 0 Å². The van der Waals surface area contributed by atoms with Crippen LogP contribution in [-0.2, 0) is 11.3 Å². The molecule has 1 heterocycles. The van der Waals surface area contributed by atoms with E-state index in [0.29, 0.717) is 0 Å². The number of rotatable bonds is 8. The molecule has 1 aromatic rings. The van der Waals surface area contributed by atoms with Gasteiger partial charge in [0, 0.05) is 30.7 Å². The molecule has 0 unspecified atom stereocenters. The van der Waals surface area contributed by atoms with Gasteiger partial charge in [0.1, 0.15) is 12.4 Å². The second kappa shape index (κ2) is 9.41. The summed E-state index contributed by atoms with van der Waals surface area (Å²) in [4.78, 5) is 2.38. The van der Waals surface area contributed by atoms with Crippen LogP contribution in [0.3, 0.4) is 0 Å².